The first-order valence-electron chi connectivity index (χ1n) is 8.72. The molecule has 1 fully saturated rings. The Kier molecular flexibility index (Phi) is 4.16. The predicted molar refractivity (Wildman–Crippen MR) is 99.9 cm³/mol. The third-order valence-corrected chi connectivity index (χ3v) is 4.78. The highest BCUT2D eigenvalue weighted by atomic mass is 16.2. The Balaban J connectivity index is 1.49. The standard InChI is InChI=1S/C20H20N4O2/c1-23-17-9-3-2-8-16(17)22-18(23)13-21-20(26)14-6-4-7-15(12-14)24-11-5-10-19(24)25/h2-4,6-9,12H,5,10-11,13H2,1H3,(H,21,26). The Labute approximate surface area is 151 Å². The van der Waals surface area contributed by atoms with Crippen LogP contribution in [0.2, 0.25) is 0 Å². The van der Waals surface area contributed by atoms with E-state index in [9.17, 15) is 9.59 Å². The number of hydrogen-bond donors (Lipinski definition) is 1. The van der Waals surface area contributed by atoms with Crippen molar-refractivity contribution < 1.29 is 9.59 Å². The lowest BCUT2D eigenvalue weighted by molar-refractivity contribution is -0.117. The summed E-state index contributed by atoms with van der Waals surface area (Å²) in [6.07, 6.45) is 1.44. The van der Waals surface area contributed by atoms with E-state index in [1.54, 1.807) is 17.0 Å². The second-order valence-corrected chi connectivity index (χ2v) is 6.46. The molecule has 0 spiro atoms. The summed E-state index contributed by atoms with van der Waals surface area (Å²) in [5.41, 5.74) is 3.27. The number of aromatic nitrogens is 2. The van der Waals surface area contributed by atoms with Gasteiger partial charge in [-0.05, 0) is 36.8 Å². The zero-order chi connectivity index (χ0) is 18.1. The Morgan fingerprint density at radius 1 is 1.19 bits per heavy atom. The Morgan fingerprint density at radius 2 is 2.04 bits per heavy atom. The van der Waals surface area contributed by atoms with Gasteiger partial charge in [-0.25, -0.2) is 4.98 Å². The van der Waals surface area contributed by atoms with Crippen molar-refractivity contribution in [2.45, 2.75) is 19.4 Å². The SMILES string of the molecule is Cn1c(CNC(=O)c2cccc(N3CCCC3=O)c2)nc2ccccc21. The number of amides is 2. The van der Waals surface area contributed by atoms with Crippen LogP contribution in [0.4, 0.5) is 5.69 Å². The molecule has 0 saturated carbocycles. The molecule has 2 heterocycles. The first-order valence-corrected chi connectivity index (χ1v) is 8.72. The highest BCUT2D eigenvalue weighted by Gasteiger charge is 2.22. The molecule has 2 aromatic carbocycles. The number of nitrogens with zero attached hydrogens (tertiary/aromatic N) is 3. The normalized spacial score (nSPS) is 14.2. The highest BCUT2D eigenvalue weighted by Crippen LogP contribution is 2.22. The van der Waals surface area contributed by atoms with Crippen LogP contribution >= 0.6 is 0 Å². The van der Waals surface area contributed by atoms with Gasteiger partial charge in [0.05, 0.1) is 17.6 Å². The van der Waals surface area contributed by atoms with E-state index >= 15 is 0 Å². The smallest absolute Gasteiger partial charge is 0.251 e. The van der Waals surface area contributed by atoms with Gasteiger partial charge in [0.15, 0.2) is 0 Å². The average Bonchev–Trinajstić information content (AvgIpc) is 3.23. The maximum Gasteiger partial charge on any atom is 0.251 e. The second-order valence-electron chi connectivity index (χ2n) is 6.46. The van der Waals surface area contributed by atoms with Crippen LogP contribution in [-0.2, 0) is 18.4 Å². The lowest BCUT2D eigenvalue weighted by Crippen LogP contribution is -2.26. The van der Waals surface area contributed by atoms with Crippen molar-refractivity contribution in [1.29, 1.82) is 0 Å². The van der Waals surface area contributed by atoms with E-state index in [1.807, 2.05) is 48.0 Å². The number of imidazole rings is 1. The lowest BCUT2D eigenvalue weighted by atomic mass is 10.1. The zero-order valence-corrected chi connectivity index (χ0v) is 14.6. The average molecular weight is 348 g/mol. The second kappa shape index (κ2) is 6.63. The molecule has 26 heavy (non-hydrogen) atoms. The van der Waals surface area contributed by atoms with E-state index < -0.39 is 0 Å². The number of nitrogens with one attached hydrogen (secondary N) is 1. The number of carbonyl (C=O) groups is 2. The molecule has 4 rings (SSSR count). The topological polar surface area (TPSA) is 67.2 Å². The fourth-order valence-corrected chi connectivity index (χ4v) is 3.35. The van der Waals surface area contributed by atoms with Crippen LogP contribution in [0, 0.1) is 0 Å². The van der Waals surface area contributed by atoms with Gasteiger partial charge in [0, 0.05) is 31.3 Å². The van der Waals surface area contributed by atoms with Crippen molar-refractivity contribution in [1.82, 2.24) is 14.9 Å². The van der Waals surface area contributed by atoms with Crippen LogP contribution in [0.3, 0.4) is 0 Å². The summed E-state index contributed by atoms with van der Waals surface area (Å²) in [5, 5.41) is 2.92. The van der Waals surface area contributed by atoms with Crippen molar-refractivity contribution in [3.63, 3.8) is 0 Å². The summed E-state index contributed by atoms with van der Waals surface area (Å²) in [7, 11) is 1.94. The minimum absolute atomic E-state index is 0.113. The molecule has 132 valence electrons. The molecule has 3 aromatic rings. The van der Waals surface area contributed by atoms with E-state index in [4.69, 9.17) is 0 Å². The van der Waals surface area contributed by atoms with Gasteiger partial charge in [-0.1, -0.05) is 18.2 Å². The Morgan fingerprint density at radius 3 is 2.81 bits per heavy atom. The molecule has 1 aromatic heterocycles. The molecular formula is C20H20N4O2. The summed E-state index contributed by atoms with van der Waals surface area (Å²) < 4.78 is 1.98. The maximum atomic E-state index is 12.5. The monoisotopic (exact) mass is 348 g/mol. The third kappa shape index (κ3) is 2.94. The molecule has 1 saturated heterocycles. The molecule has 6 nitrogen and oxygen atoms in total. The molecule has 0 radical (unpaired) electrons. The van der Waals surface area contributed by atoms with Crippen LogP contribution in [0.15, 0.2) is 48.5 Å². The van der Waals surface area contributed by atoms with Crippen molar-refractivity contribution in [3.05, 3.63) is 59.9 Å². The molecule has 0 aliphatic carbocycles. The van der Waals surface area contributed by atoms with Crippen molar-refractivity contribution in [2.24, 2.45) is 7.05 Å². The van der Waals surface area contributed by atoms with Crippen LogP contribution < -0.4 is 10.2 Å². The summed E-state index contributed by atoms with van der Waals surface area (Å²) >= 11 is 0. The Hall–Kier alpha value is -3.15. The van der Waals surface area contributed by atoms with Gasteiger partial charge in [0.1, 0.15) is 5.82 Å². The molecule has 0 bridgehead atoms. The fourth-order valence-electron chi connectivity index (χ4n) is 3.35. The first kappa shape index (κ1) is 16.3. The zero-order valence-electron chi connectivity index (χ0n) is 14.6. The number of anilines is 1. The summed E-state index contributed by atoms with van der Waals surface area (Å²) in [4.78, 5) is 30.7. The van der Waals surface area contributed by atoms with Crippen molar-refractivity contribution >= 4 is 28.5 Å². The van der Waals surface area contributed by atoms with Gasteiger partial charge in [0.25, 0.3) is 5.91 Å². The van der Waals surface area contributed by atoms with Gasteiger partial charge in [-0.3, -0.25) is 9.59 Å². The molecule has 0 unspecified atom stereocenters. The minimum Gasteiger partial charge on any atom is -0.345 e. The molecule has 2 amide bonds. The van der Waals surface area contributed by atoms with E-state index in [-0.39, 0.29) is 11.8 Å². The van der Waals surface area contributed by atoms with Gasteiger partial charge >= 0.3 is 0 Å². The van der Waals surface area contributed by atoms with Crippen LogP contribution in [0.1, 0.15) is 29.0 Å². The van der Waals surface area contributed by atoms with Gasteiger partial charge in [-0.2, -0.15) is 0 Å². The number of carbonyl (C=O) groups excluding carboxylic acids is 2. The predicted octanol–water partition coefficient (Wildman–Crippen LogP) is 2.63. The van der Waals surface area contributed by atoms with E-state index in [0.29, 0.717) is 25.1 Å². The van der Waals surface area contributed by atoms with Crippen molar-refractivity contribution in [2.75, 3.05) is 11.4 Å². The maximum absolute atomic E-state index is 12.5. The number of rotatable bonds is 4. The number of benzene rings is 2. The van der Waals surface area contributed by atoms with Crippen molar-refractivity contribution in [3.8, 4) is 0 Å². The summed E-state index contributed by atoms with van der Waals surface area (Å²) in [6, 6.07) is 15.1. The molecule has 6 heteroatoms. The molecule has 1 N–H and O–H groups in total. The minimum atomic E-state index is -0.175. The molecule has 1 aliphatic heterocycles. The largest absolute Gasteiger partial charge is 0.345 e. The van der Waals surface area contributed by atoms with Gasteiger partial charge < -0.3 is 14.8 Å². The first-order chi connectivity index (χ1) is 12.6. The van der Waals surface area contributed by atoms with Crippen LogP contribution in [0.5, 0.6) is 0 Å². The molecule has 0 atom stereocenters. The summed E-state index contributed by atoms with van der Waals surface area (Å²) in [6.45, 7) is 1.06. The summed E-state index contributed by atoms with van der Waals surface area (Å²) in [5.74, 6) is 0.734. The van der Waals surface area contributed by atoms with Gasteiger partial charge in [0.2, 0.25) is 5.91 Å². The van der Waals surface area contributed by atoms with E-state index in [0.717, 1.165) is 29.0 Å². The number of aryl methyl sites for hydroxylation is 1. The number of hydrogen-bond acceptors (Lipinski definition) is 3. The van der Waals surface area contributed by atoms with Gasteiger partial charge in [-0.15, -0.1) is 0 Å². The fraction of sp³-hybridized carbons (Fsp3) is 0.250. The number of para-hydroxylation sites is 2. The highest BCUT2D eigenvalue weighted by molar-refractivity contribution is 5.99. The Bertz CT molecular complexity index is 992. The third-order valence-electron chi connectivity index (χ3n) is 4.78. The van der Waals surface area contributed by atoms with Crippen LogP contribution in [-0.4, -0.2) is 27.9 Å². The number of fused-ring (bicyclic) bond motifs is 1. The lowest BCUT2D eigenvalue weighted by Gasteiger charge is -2.16. The molecule has 1 aliphatic rings. The molecular weight excluding hydrogens is 328 g/mol. The van der Waals surface area contributed by atoms with E-state index in [1.165, 1.54) is 0 Å². The van der Waals surface area contributed by atoms with E-state index in [2.05, 4.69) is 10.3 Å². The quantitative estimate of drug-likeness (QED) is 0.788. The van der Waals surface area contributed by atoms with Crippen LogP contribution in [0.25, 0.3) is 11.0 Å².